The van der Waals surface area contributed by atoms with E-state index in [-0.39, 0.29) is 30.0 Å². The van der Waals surface area contributed by atoms with E-state index in [1.807, 2.05) is 24.8 Å². The summed E-state index contributed by atoms with van der Waals surface area (Å²) in [4.78, 5) is 57.7. The van der Waals surface area contributed by atoms with Crippen molar-refractivity contribution in [1.82, 2.24) is 35.1 Å². The van der Waals surface area contributed by atoms with Gasteiger partial charge in [-0.2, -0.15) is 0 Å². The minimum Gasteiger partial charge on any atom is -0.465 e. The number of hydrogen-bond donors (Lipinski definition) is 4. The molecule has 12 nitrogen and oxygen atoms in total. The number of aromatic amines is 2. The lowest BCUT2D eigenvalue weighted by Gasteiger charge is -2.37. The second-order valence-corrected chi connectivity index (χ2v) is 14.2. The zero-order valence-corrected chi connectivity index (χ0v) is 28.3. The van der Waals surface area contributed by atoms with Crippen LogP contribution in [0.3, 0.4) is 0 Å². The summed E-state index contributed by atoms with van der Waals surface area (Å²) in [5.41, 5.74) is 5.80. The van der Waals surface area contributed by atoms with E-state index < -0.39 is 18.2 Å². The Labute approximate surface area is 289 Å². The lowest BCUT2D eigenvalue weighted by Crippen LogP contribution is -2.54. The van der Waals surface area contributed by atoms with Gasteiger partial charge >= 0.3 is 12.2 Å². The molecule has 3 aromatic carbocycles. The van der Waals surface area contributed by atoms with Crippen LogP contribution in [0.2, 0.25) is 0 Å². The van der Waals surface area contributed by atoms with Gasteiger partial charge in [0.15, 0.2) is 0 Å². The van der Waals surface area contributed by atoms with Crippen molar-refractivity contribution in [3.63, 3.8) is 0 Å². The third-order valence-corrected chi connectivity index (χ3v) is 10.9. The molecule has 2 aliphatic heterocycles. The fraction of sp³-hybridized carbons (Fsp3) is 0.395. The average Bonchev–Trinajstić information content (AvgIpc) is 3.96. The predicted octanol–water partition coefficient (Wildman–Crippen LogP) is 7.02. The minimum absolute atomic E-state index is 0.0878. The monoisotopic (exact) mass is 675 g/mol. The third-order valence-electron chi connectivity index (χ3n) is 10.9. The first kappa shape index (κ1) is 31.9. The number of imidazole rings is 2. The van der Waals surface area contributed by atoms with Crippen molar-refractivity contribution in [3.05, 3.63) is 72.4 Å². The standard InChI is InChI=1S/C38H41N7O5/c1-20(2)31(43-37(47)50-3)36(46)45-26-13-10-25(18-26)33(45)35-40-28-15-12-24-17-23(11-14-27(24)32(28)42-35)21-6-8-22(9-7-21)29-19-39-34(41-29)30-5-4-16-44(30)38(48)49/h6-9,11-12,14-15,17,19-20,25-26,30-31,33H,4-5,10,13,16,18H2,1-3H3,(H,39,41)(H,40,42)(H,43,47)(H,48,49)/t25-,26+,30?,31-,33-/m0/s1. The van der Waals surface area contributed by atoms with Crippen LogP contribution in [-0.2, 0) is 9.53 Å². The van der Waals surface area contributed by atoms with Gasteiger partial charge in [-0.15, -0.1) is 0 Å². The van der Waals surface area contributed by atoms with Crippen molar-refractivity contribution < 1.29 is 24.2 Å². The number of carbonyl (C=O) groups excluding carboxylic acids is 2. The number of nitrogens with one attached hydrogen (secondary N) is 3. The third kappa shape index (κ3) is 5.43. The fourth-order valence-corrected chi connectivity index (χ4v) is 8.44. The van der Waals surface area contributed by atoms with Gasteiger partial charge in [-0.25, -0.2) is 19.6 Å². The summed E-state index contributed by atoms with van der Waals surface area (Å²) in [5.74, 6) is 1.60. The summed E-state index contributed by atoms with van der Waals surface area (Å²) in [6, 6.07) is 17.9. The number of methoxy groups -OCH3 is 1. The number of amides is 3. The first-order valence-corrected chi connectivity index (χ1v) is 17.4. The summed E-state index contributed by atoms with van der Waals surface area (Å²) < 4.78 is 4.82. The molecule has 4 N–H and O–H groups in total. The van der Waals surface area contributed by atoms with E-state index in [0.29, 0.717) is 18.3 Å². The lowest BCUT2D eigenvalue weighted by atomic mass is 9.95. The number of carboxylic acid groups (broad SMARTS) is 1. The number of H-pyrrole nitrogens is 2. The van der Waals surface area contributed by atoms with Crippen LogP contribution in [0, 0.1) is 11.8 Å². The topological polar surface area (TPSA) is 157 Å². The maximum Gasteiger partial charge on any atom is 0.407 e. The summed E-state index contributed by atoms with van der Waals surface area (Å²) in [5, 5.41) is 14.4. The highest BCUT2D eigenvalue weighted by Gasteiger charge is 2.51. The van der Waals surface area contributed by atoms with Crippen LogP contribution in [0.4, 0.5) is 9.59 Å². The van der Waals surface area contributed by atoms with Crippen LogP contribution in [-0.4, -0.2) is 78.7 Å². The van der Waals surface area contributed by atoms with E-state index in [0.717, 1.165) is 82.1 Å². The zero-order chi connectivity index (χ0) is 34.7. The number of ether oxygens (including phenoxy) is 1. The number of fused-ring (bicyclic) bond motifs is 5. The predicted molar refractivity (Wildman–Crippen MR) is 188 cm³/mol. The molecule has 3 aliphatic rings. The number of rotatable bonds is 7. The molecule has 1 saturated carbocycles. The van der Waals surface area contributed by atoms with E-state index >= 15 is 0 Å². The molecular formula is C38H41N7O5. The molecule has 50 heavy (non-hydrogen) atoms. The smallest absolute Gasteiger partial charge is 0.407 e. The first-order valence-electron chi connectivity index (χ1n) is 17.4. The molecule has 1 unspecified atom stereocenters. The summed E-state index contributed by atoms with van der Waals surface area (Å²) in [6.07, 6.45) is 4.79. The van der Waals surface area contributed by atoms with E-state index in [1.54, 1.807) is 6.20 Å². The molecule has 258 valence electrons. The quantitative estimate of drug-likeness (QED) is 0.144. The lowest BCUT2D eigenvalue weighted by molar-refractivity contribution is -0.139. The van der Waals surface area contributed by atoms with E-state index in [2.05, 4.69) is 68.8 Å². The minimum atomic E-state index is -0.913. The Bertz CT molecular complexity index is 2100. The number of hydrogen-bond acceptors (Lipinski definition) is 6. The van der Waals surface area contributed by atoms with Crippen LogP contribution in [0.1, 0.15) is 69.7 Å². The number of piperidine rings is 1. The van der Waals surface area contributed by atoms with Gasteiger partial charge in [0.05, 0.1) is 42.1 Å². The van der Waals surface area contributed by atoms with E-state index in [1.165, 1.54) is 12.0 Å². The number of aromatic nitrogens is 4. The molecule has 5 aromatic rings. The van der Waals surface area contributed by atoms with Crippen LogP contribution >= 0.6 is 0 Å². The SMILES string of the molecule is COC(=O)N[C@H](C(=O)N1[C@@H]2CC[C@@H](C2)[C@H]1c1nc2ccc3cc(-c4ccc(-c5cnc(C6CCCN6C(=O)O)[nH]5)cc4)ccc3c2[nH]1)C(C)C. The van der Waals surface area contributed by atoms with Gasteiger partial charge in [-0.1, -0.05) is 56.3 Å². The maximum absolute atomic E-state index is 14.0. The molecule has 2 aromatic heterocycles. The molecule has 8 rings (SSSR count). The Kier molecular flexibility index (Phi) is 7.96. The second kappa shape index (κ2) is 12.5. The summed E-state index contributed by atoms with van der Waals surface area (Å²) in [6.45, 7) is 4.39. The molecule has 2 saturated heterocycles. The number of carbonyl (C=O) groups is 3. The van der Waals surface area contributed by atoms with E-state index in [9.17, 15) is 19.5 Å². The Hall–Kier alpha value is -5.39. The van der Waals surface area contributed by atoms with Crippen LogP contribution in [0.25, 0.3) is 44.2 Å². The van der Waals surface area contributed by atoms with Crippen molar-refractivity contribution in [2.75, 3.05) is 13.7 Å². The highest BCUT2D eigenvalue weighted by atomic mass is 16.5. The Morgan fingerprint density at radius 3 is 2.50 bits per heavy atom. The normalized spacial score (nSPS) is 22.2. The van der Waals surface area contributed by atoms with Crippen LogP contribution < -0.4 is 5.32 Å². The van der Waals surface area contributed by atoms with Crippen LogP contribution in [0.5, 0.6) is 0 Å². The average molecular weight is 676 g/mol. The summed E-state index contributed by atoms with van der Waals surface area (Å²) >= 11 is 0. The number of likely N-dealkylation sites (tertiary alicyclic amines) is 2. The van der Waals surface area contributed by atoms with Crippen molar-refractivity contribution in [2.45, 2.75) is 70.1 Å². The summed E-state index contributed by atoms with van der Waals surface area (Å²) in [7, 11) is 1.31. The van der Waals surface area contributed by atoms with Crippen molar-refractivity contribution in [1.29, 1.82) is 0 Å². The van der Waals surface area contributed by atoms with Gasteiger partial charge in [0.2, 0.25) is 5.91 Å². The molecule has 2 bridgehead atoms. The molecule has 4 heterocycles. The van der Waals surface area contributed by atoms with Gasteiger partial charge in [0.1, 0.15) is 17.7 Å². The molecule has 12 heteroatoms. The second-order valence-electron chi connectivity index (χ2n) is 14.2. The van der Waals surface area contributed by atoms with E-state index in [4.69, 9.17) is 9.72 Å². The van der Waals surface area contributed by atoms with Gasteiger partial charge in [0, 0.05) is 18.0 Å². The van der Waals surface area contributed by atoms with Crippen molar-refractivity contribution in [3.8, 4) is 22.4 Å². The molecular weight excluding hydrogens is 634 g/mol. The highest BCUT2D eigenvalue weighted by Crippen LogP contribution is 2.50. The van der Waals surface area contributed by atoms with Gasteiger partial charge < -0.3 is 30.0 Å². The molecule has 5 atom stereocenters. The number of nitrogens with zero attached hydrogens (tertiary/aromatic N) is 4. The fourth-order valence-electron chi connectivity index (χ4n) is 8.44. The van der Waals surface area contributed by atoms with Gasteiger partial charge in [-0.05, 0) is 78.1 Å². The molecule has 3 amide bonds. The Balaban J connectivity index is 1.05. The maximum atomic E-state index is 14.0. The van der Waals surface area contributed by atoms with Crippen molar-refractivity contribution >= 4 is 39.9 Å². The Morgan fingerprint density at radius 2 is 1.74 bits per heavy atom. The van der Waals surface area contributed by atoms with Crippen molar-refractivity contribution in [2.24, 2.45) is 11.8 Å². The number of benzene rings is 3. The Morgan fingerprint density at radius 1 is 0.960 bits per heavy atom. The van der Waals surface area contributed by atoms with Gasteiger partial charge in [-0.3, -0.25) is 9.69 Å². The van der Waals surface area contributed by atoms with Crippen LogP contribution in [0.15, 0.2) is 60.8 Å². The van der Waals surface area contributed by atoms with Gasteiger partial charge in [0.25, 0.3) is 0 Å². The molecule has 0 spiro atoms. The largest absolute Gasteiger partial charge is 0.465 e. The first-order chi connectivity index (χ1) is 24.2. The zero-order valence-electron chi connectivity index (χ0n) is 28.3. The number of alkyl carbamates (subject to hydrolysis) is 1. The molecule has 1 aliphatic carbocycles. The molecule has 0 radical (unpaired) electrons. The highest BCUT2D eigenvalue weighted by molar-refractivity contribution is 6.05. The molecule has 3 fully saturated rings.